The van der Waals surface area contributed by atoms with Crippen molar-refractivity contribution in [2.24, 2.45) is 0 Å². The highest BCUT2D eigenvalue weighted by Crippen LogP contribution is 2.34. The van der Waals surface area contributed by atoms with Gasteiger partial charge in [0.1, 0.15) is 5.69 Å². The minimum absolute atomic E-state index is 0.0259. The van der Waals surface area contributed by atoms with Gasteiger partial charge in [-0.1, -0.05) is 6.07 Å². The van der Waals surface area contributed by atoms with Crippen LogP contribution < -0.4 is 15.4 Å². The molecule has 0 atom stereocenters. The molecule has 1 aromatic carbocycles. The molecule has 7 nitrogen and oxygen atoms in total. The molecule has 0 saturated carbocycles. The number of hydrogen-bond acceptors (Lipinski definition) is 5. The largest absolute Gasteiger partial charge is 0.490 e. The Labute approximate surface area is 104 Å². The van der Waals surface area contributed by atoms with Gasteiger partial charge < -0.3 is 15.4 Å². The molecule has 0 aliphatic carbocycles. The monoisotopic (exact) mass is 253 g/mol. The number of methoxy groups -OCH3 is 1. The average molecular weight is 253 g/mol. The number of rotatable bonds is 6. The minimum atomic E-state index is -0.543. The van der Waals surface area contributed by atoms with E-state index in [1.807, 2.05) is 0 Å². The van der Waals surface area contributed by atoms with Crippen LogP contribution in [0.5, 0.6) is 5.75 Å². The second-order valence-corrected chi connectivity index (χ2v) is 3.42. The van der Waals surface area contributed by atoms with Gasteiger partial charge in [0.25, 0.3) is 0 Å². The van der Waals surface area contributed by atoms with Crippen LogP contribution in [0.2, 0.25) is 0 Å². The summed E-state index contributed by atoms with van der Waals surface area (Å²) < 4.78 is 4.92. The molecule has 0 aliphatic heterocycles. The van der Waals surface area contributed by atoms with Gasteiger partial charge in [0.2, 0.25) is 5.91 Å². The molecule has 18 heavy (non-hydrogen) atoms. The lowest BCUT2D eigenvalue weighted by atomic mass is 10.2. The van der Waals surface area contributed by atoms with Crippen LogP contribution in [0.1, 0.15) is 6.92 Å². The molecule has 0 bridgehead atoms. The molecule has 1 aromatic rings. The van der Waals surface area contributed by atoms with Gasteiger partial charge >= 0.3 is 5.69 Å². The average Bonchev–Trinajstić information content (AvgIpc) is 2.35. The summed E-state index contributed by atoms with van der Waals surface area (Å²) in [5, 5.41) is 16.3. The van der Waals surface area contributed by atoms with Gasteiger partial charge in [-0.05, 0) is 19.1 Å². The highest BCUT2D eigenvalue weighted by molar-refractivity contribution is 5.82. The van der Waals surface area contributed by atoms with Crippen molar-refractivity contribution in [2.75, 3.05) is 25.5 Å². The van der Waals surface area contributed by atoms with Crippen LogP contribution in [-0.4, -0.2) is 31.0 Å². The Hall–Kier alpha value is -2.31. The number of nitro benzene ring substituents is 1. The first-order chi connectivity index (χ1) is 8.60. The van der Waals surface area contributed by atoms with Crippen molar-refractivity contribution in [3.8, 4) is 5.75 Å². The van der Waals surface area contributed by atoms with Crippen LogP contribution >= 0.6 is 0 Å². The van der Waals surface area contributed by atoms with E-state index in [9.17, 15) is 14.9 Å². The molecule has 0 fully saturated rings. The van der Waals surface area contributed by atoms with Crippen molar-refractivity contribution < 1.29 is 14.5 Å². The number of nitro groups is 1. The highest BCUT2D eigenvalue weighted by Gasteiger charge is 2.20. The fourth-order valence-electron chi connectivity index (χ4n) is 1.45. The third-order valence-electron chi connectivity index (χ3n) is 2.21. The molecule has 1 rings (SSSR count). The first-order valence-corrected chi connectivity index (χ1v) is 5.42. The molecule has 7 heteroatoms. The fourth-order valence-corrected chi connectivity index (χ4v) is 1.45. The molecular formula is C11H15N3O4. The van der Waals surface area contributed by atoms with E-state index in [0.717, 1.165) is 0 Å². The lowest BCUT2D eigenvalue weighted by Crippen LogP contribution is -2.29. The van der Waals surface area contributed by atoms with Crippen LogP contribution in [0.3, 0.4) is 0 Å². The third-order valence-corrected chi connectivity index (χ3v) is 2.21. The van der Waals surface area contributed by atoms with Gasteiger partial charge in [-0.15, -0.1) is 0 Å². The summed E-state index contributed by atoms with van der Waals surface area (Å²) in [4.78, 5) is 21.7. The number of hydrogen-bond donors (Lipinski definition) is 2. The van der Waals surface area contributed by atoms with Gasteiger partial charge in [-0.25, -0.2) is 0 Å². The Bertz CT molecular complexity index is 448. The first-order valence-electron chi connectivity index (χ1n) is 5.42. The van der Waals surface area contributed by atoms with Crippen LogP contribution in [-0.2, 0) is 4.79 Å². The number of carbonyl (C=O) groups is 1. The number of nitrogens with zero attached hydrogens (tertiary/aromatic N) is 1. The Kier molecular flexibility index (Phi) is 4.91. The number of likely N-dealkylation sites (N-methyl/N-ethyl adjacent to an activating group) is 1. The first kappa shape index (κ1) is 13.8. The Balaban J connectivity index is 2.88. The third kappa shape index (κ3) is 3.34. The lowest BCUT2D eigenvalue weighted by molar-refractivity contribution is -0.384. The standard InChI is InChI=1S/C11H15N3O4/c1-3-12-10(15)7-13-8-5-4-6-9(18-2)11(8)14(16)17/h4-6,13H,3,7H2,1-2H3,(H,12,15). The normalized spacial score (nSPS) is 9.67. The number of benzene rings is 1. The Morgan fingerprint density at radius 3 is 2.78 bits per heavy atom. The van der Waals surface area contributed by atoms with Crippen molar-refractivity contribution in [2.45, 2.75) is 6.92 Å². The van der Waals surface area contributed by atoms with E-state index in [0.29, 0.717) is 6.54 Å². The SMILES string of the molecule is CCNC(=O)CNc1cccc(OC)c1[N+](=O)[O-]. The molecular weight excluding hydrogens is 238 g/mol. The molecule has 0 spiro atoms. The fraction of sp³-hybridized carbons (Fsp3) is 0.364. The van der Waals surface area contributed by atoms with E-state index in [-0.39, 0.29) is 29.6 Å². The number of ether oxygens (including phenoxy) is 1. The van der Waals surface area contributed by atoms with E-state index < -0.39 is 4.92 Å². The van der Waals surface area contributed by atoms with Crippen LogP contribution in [0.4, 0.5) is 11.4 Å². The van der Waals surface area contributed by atoms with Crippen molar-refractivity contribution in [3.63, 3.8) is 0 Å². The Morgan fingerprint density at radius 2 is 2.22 bits per heavy atom. The number of nitrogens with one attached hydrogen (secondary N) is 2. The van der Waals surface area contributed by atoms with Crippen molar-refractivity contribution >= 4 is 17.3 Å². The maximum absolute atomic E-state index is 11.3. The zero-order chi connectivity index (χ0) is 13.5. The molecule has 0 heterocycles. The van der Waals surface area contributed by atoms with Crippen molar-refractivity contribution in [1.82, 2.24) is 5.32 Å². The second kappa shape index (κ2) is 6.43. The zero-order valence-electron chi connectivity index (χ0n) is 10.2. The van der Waals surface area contributed by atoms with Gasteiger partial charge in [-0.2, -0.15) is 0 Å². The summed E-state index contributed by atoms with van der Waals surface area (Å²) in [5.74, 6) is -0.0736. The van der Waals surface area contributed by atoms with Gasteiger partial charge in [0.05, 0.1) is 18.6 Å². The molecule has 2 N–H and O–H groups in total. The summed E-state index contributed by atoms with van der Waals surface area (Å²) >= 11 is 0. The topological polar surface area (TPSA) is 93.5 Å². The maximum Gasteiger partial charge on any atom is 0.333 e. The maximum atomic E-state index is 11.3. The predicted octanol–water partition coefficient (Wildman–Crippen LogP) is 1.15. The number of carbonyl (C=O) groups excluding carboxylic acids is 1. The smallest absolute Gasteiger partial charge is 0.333 e. The highest BCUT2D eigenvalue weighted by atomic mass is 16.6. The summed E-state index contributed by atoms with van der Waals surface area (Å²) in [7, 11) is 1.36. The van der Waals surface area contributed by atoms with Crippen molar-refractivity contribution in [3.05, 3.63) is 28.3 Å². The number of para-hydroxylation sites is 1. The van der Waals surface area contributed by atoms with E-state index >= 15 is 0 Å². The van der Waals surface area contributed by atoms with E-state index in [4.69, 9.17) is 4.74 Å². The molecule has 0 radical (unpaired) electrons. The van der Waals surface area contributed by atoms with E-state index in [1.165, 1.54) is 19.2 Å². The number of anilines is 1. The second-order valence-electron chi connectivity index (χ2n) is 3.42. The van der Waals surface area contributed by atoms with Crippen LogP contribution in [0.25, 0.3) is 0 Å². The quantitative estimate of drug-likeness (QED) is 0.586. The number of amides is 1. The van der Waals surface area contributed by atoms with Gasteiger partial charge in [0, 0.05) is 6.54 Å². The molecule has 0 saturated heterocycles. The Morgan fingerprint density at radius 1 is 1.50 bits per heavy atom. The lowest BCUT2D eigenvalue weighted by Gasteiger charge is -2.09. The minimum Gasteiger partial charge on any atom is -0.490 e. The van der Waals surface area contributed by atoms with Crippen molar-refractivity contribution in [1.29, 1.82) is 0 Å². The summed E-state index contributed by atoms with van der Waals surface area (Å²) in [6.45, 7) is 2.29. The van der Waals surface area contributed by atoms with Crippen LogP contribution in [0.15, 0.2) is 18.2 Å². The summed E-state index contributed by atoms with van der Waals surface area (Å²) in [6.07, 6.45) is 0. The molecule has 0 unspecified atom stereocenters. The van der Waals surface area contributed by atoms with E-state index in [2.05, 4.69) is 10.6 Å². The van der Waals surface area contributed by atoms with E-state index in [1.54, 1.807) is 13.0 Å². The molecule has 98 valence electrons. The summed E-state index contributed by atoms with van der Waals surface area (Å²) in [6, 6.07) is 4.64. The van der Waals surface area contributed by atoms with Gasteiger partial charge in [0.15, 0.2) is 5.75 Å². The molecule has 0 aliphatic rings. The molecule has 0 aromatic heterocycles. The molecule has 1 amide bonds. The van der Waals surface area contributed by atoms with Gasteiger partial charge in [-0.3, -0.25) is 14.9 Å². The zero-order valence-corrected chi connectivity index (χ0v) is 10.2. The summed E-state index contributed by atoms with van der Waals surface area (Å²) in [5.41, 5.74) is 0.0786. The predicted molar refractivity (Wildman–Crippen MR) is 66.8 cm³/mol. The van der Waals surface area contributed by atoms with Crippen LogP contribution in [0, 0.1) is 10.1 Å².